The summed E-state index contributed by atoms with van der Waals surface area (Å²) in [6.07, 6.45) is 18.0. The first-order valence-electron chi connectivity index (χ1n) is 11.2. The average molecular weight is 403 g/mol. The summed E-state index contributed by atoms with van der Waals surface area (Å²) in [4.78, 5) is 23.6. The molecular formula is C25H38O4. The van der Waals surface area contributed by atoms with Gasteiger partial charge >= 0.3 is 11.9 Å². The summed E-state index contributed by atoms with van der Waals surface area (Å²) in [5, 5.41) is 0. The van der Waals surface area contributed by atoms with Crippen LogP contribution in [0.1, 0.15) is 89.5 Å². The number of benzene rings is 1. The number of methoxy groups -OCH3 is 1. The minimum Gasteiger partial charge on any atom is -0.497 e. The van der Waals surface area contributed by atoms with Crippen molar-refractivity contribution in [2.45, 2.75) is 90.4 Å². The second-order valence-corrected chi connectivity index (χ2v) is 7.50. The molecule has 1 aromatic carbocycles. The lowest BCUT2D eigenvalue weighted by atomic mass is 10.1. The number of hydrogen-bond donors (Lipinski definition) is 0. The Bertz CT molecular complexity index is 589. The van der Waals surface area contributed by atoms with Crippen LogP contribution in [0.4, 0.5) is 0 Å². The van der Waals surface area contributed by atoms with Gasteiger partial charge in [0.2, 0.25) is 0 Å². The number of allylic oxidation sites excluding steroid dienone is 2. The van der Waals surface area contributed by atoms with Gasteiger partial charge in [-0.05, 0) is 49.8 Å². The fourth-order valence-electron chi connectivity index (χ4n) is 3.11. The zero-order valence-electron chi connectivity index (χ0n) is 18.3. The Morgan fingerprint density at radius 2 is 1.38 bits per heavy atom. The summed E-state index contributed by atoms with van der Waals surface area (Å²) in [6.45, 7) is 2.24. The fourth-order valence-corrected chi connectivity index (χ4v) is 3.11. The van der Waals surface area contributed by atoms with Crippen molar-refractivity contribution in [2.75, 3.05) is 7.11 Å². The molecule has 0 heterocycles. The number of carbonyl (C=O) groups excluding carboxylic acids is 2. The zero-order valence-corrected chi connectivity index (χ0v) is 18.3. The van der Waals surface area contributed by atoms with E-state index in [4.69, 9.17) is 9.47 Å². The maximum Gasteiger partial charge on any atom is 0.317 e. The molecule has 0 atom stereocenters. The molecule has 1 aromatic rings. The van der Waals surface area contributed by atoms with Crippen LogP contribution >= 0.6 is 0 Å². The van der Waals surface area contributed by atoms with E-state index in [1.54, 1.807) is 31.4 Å². The van der Waals surface area contributed by atoms with Crippen molar-refractivity contribution >= 4 is 11.9 Å². The number of hydrogen-bond acceptors (Lipinski definition) is 4. The molecule has 0 fully saturated rings. The summed E-state index contributed by atoms with van der Waals surface area (Å²) in [5.74, 6) is -0.187. The summed E-state index contributed by atoms with van der Waals surface area (Å²) in [5.41, 5.74) is 0.804. The lowest BCUT2D eigenvalue weighted by Gasteiger charge is -2.05. The van der Waals surface area contributed by atoms with Crippen LogP contribution in [0.25, 0.3) is 0 Å². The predicted molar refractivity (Wildman–Crippen MR) is 118 cm³/mol. The maximum absolute atomic E-state index is 11.8. The van der Waals surface area contributed by atoms with Crippen LogP contribution in [0.5, 0.6) is 5.75 Å². The topological polar surface area (TPSA) is 52.6 Å². The minimum absolute atomic E-state index is 0.0991. The van der Waals surface area contributed by atoms with Gasteiger partial charge in [0.25, 0.3) is 0 Å². The summed E-state index contributed by atoms with van der Waals surface area (Å²) >= 11 is 0. The molecule has 0 amide bonds. The van der Waals surface area contributed by atoms with Crippen molar-refractivity contribution in [1.82, 2.24) is 0 Å². The average Bonchev–Trinajstić information content (AvgIpc) is 2.72. The normalized spacial score (nSPS) is 11.0. The molecule has 29 heavy (non-hydrogen) atoms. The molecular weight excluding hydrogens is 364 g/mol. The first-order valence-corrected chi connectivity index (χ1v) is 11.2. The summed E-state index contributed by atoms with van der Waals surface area (Å²) in [7, 11) is 1.59. The van der Waals surface area contributed by atoms with Crippen LogP contribution in [0.2, 0.25) is 0 Å². The molecule has 162 valence electrons. The highest BCUT2D eigenvalue weighted by molar-refractivity contribution is 5.86. The Hall–Kier alpha value is -2.10. The molecule has 0 N–H and O–H groups in total. The van der Waals surface area contributed by atoms with Crippen LogP contribution in [0, 0.1) is 0 Å². The maximum atomic E-state index is 11.8. The SMILES string of the molecule is CCCCCCC=CCCCCCCCC(=O)OC(=O)Cc1ccc(OC)cc1. The van der Waals surface area contributed by atoms with Crippen LogP contribution in [-0.4, -0.2) is 19.0 Å². The second-order valence-electron chi connectivity index (χ2n) is 7.50. The van der Waals surface area contributed by atoms with E-state index in [0.29, 0.717) is 6.42 Å². The van der Waals surface area contributed by atoms with Crippen molar-refractivity contribution in [3.05, 3.63) is 42.0 Å². The Morgan fingerprint density at radius 3 is 2.00 bits per heavy atom. The molecule has 0 unspecified atom stereocenters. The van der Waals surface area contributed by atoms with E-state index in [1.165, 1.54) is 44.9 Å². The van der Waals surface area contributed by atoms with Crippen LogP contribution in [-0.2, 0) is 20.7 Å². The fraction of sp³-hybridized carbons (Fsp3) is 0.600. The van der Waals surface area contributed by atoms with Gasteiger partial charge in [-0.1, -0.05) is 69.7 Å². The molecule has 0 saturated carbocycles. The summed E-state index contributed by atoms with van der Waals surface area (Å²) in [6, 6.07) is 7.17. The lowest BCUT2D eigenvalue weighted by molar-refractivity contribution is -0.159. The molecule has 0 aliphatic rings. The van der Waals surface area contributed by atoms with Crippen molar-refractivity contribution in [3.63, 3.8) is 0 Å². The van der Waals surface area contributed by atoms with Crippen molar-refractivity contribution < 1.29 is 19.1 Å². The van der Waals surface area contributed by atoms with Gasteiger partial charge in [0.05, 0.1) is 13.5 Å². The van der Waals surface area contributed by atoms with E-state index in [9.17, 15) is 9.59 Å². The van der Waals surface area contributed by atoms with Crippen molar-refractivity contribution in [3.8, 4) is 5.75 Å². The van der Waals surface area contributed by atoms with E-state index < -0.39 is 11.9 Å². The van der Waals surface area contributed by atoms with Gasteiger partial charge in [0, 0.05) is 6.42 Å². The molecule has 4 nitrogen and oxygen atoms in total. The zero-order chi connectivity index (χ0) is 21.2. The van der Waals surface area contributed by atoms with Crippen molar-refractivity contribution in [2.24, 2.45) is 0 Å². The number of rotatable bonds is 16. The van der Waals surface area contributed by atoms with Gasteiger partial charge in [0.15, 0.2) is 0 Å². The number of ether oxygens (including phenoxy) is 2. The molecule has 0 aromatic heterocycles. The van der Waals surface area contributed by atoms with Gasteiger partial charge in [-0.3, -0.25) is 9.59 Å². The monoisotopic (exact) mass is 402 g/mol. The van der Waals surface area contributed by atoms with E-state index in [1.807, 2.05) is 0 Å². The van der Waals surface area contributed by atoms with Crippen LogP contribution < -0.4 is 4.74 Å². The molecule has 0 aliphatic carbocycles. The standard InChI is InChI=1S/C25H38O4/c1-3-4-5-6-7-8-9-10-11-12-13-14-15-16-24(26)29-25(27)21-22-17-19-23(28-2)20-18-22/h8-9,17-20H,3-7,10-16,21H2,1-2H3. The lowest BCUT2D eigenvalue weighted by Crippen LogP contribution is -2.14. The number of esters is 2. The quantitative estimate of drug-likeness (QED) is 0.136. The van der Waals surface area contributed by atoms with E-state index in [0.717, 1.165) is 37.0 Å². The Labute approximate surface area is 176 Å². The van der Waals surface area contributed by atoms with Crippen LogP contribution in [0.15, 0.2) is 36.4 Å². The predicted octanol–water partition coefficient (Wildman–Crippen LogP) is 6.56. The summed E-state index contributed by atoms with van der Waals surface area (Å²) < 4.78 is 9.98. The minimum atomic E-state index is -0.498. The molecule has 0 spiro atoms. The van der Waals surface area contributed by atoms with E-state index in [2.05, 4.69) is 19.1 Å². The molecule has 4 heteroatoms. The molecule has 0 bridgehead atoms. The Morgan fingerprint density at radius 1 is 0.793 bits per heavy atom. The smallest absolute Gasteiger partial charge is 0.317 e. The van der Waals surface area contributed by atoms with Gasteiger partial charge in [-0.2, -0.15) is 0 Å². The van der Waals surface area contributed by atoms with Gasteiger partial charge in [-0.25, -0.2) is 0 Å². The Kier molecular flexibility index (Phi) is 14.5. The highest BCUT2D eigenvalue weighted by Gasteiger charge is 2.11. The second kappa shape index (κ2) is 16.8. The van der Waals surface area contributed by atoms with Gasteiger partial charge in [-0.15, -0.1) is 0 Å². The molecule has 0 aliphatic heterocycles. The van der Waals surface area contributed by atoms with Crippen LogP contribution in [0.3, 0.4) is 0 Å². The largest absolute Gasteiger partial charge is 0.497 e. The highest BCUT2D eigenvalue weighted by Crippen LogP contribution is 2.13. The van der Waals surface area contributed by atoms with E-state index >= 15 is 0 Å². The molecule has 0 radical (unpaired) electrons. The van der Waals surface area contributed by atoms with Crippen molar-refractivity contribution in [1.29, 1.82) is 0 Å². The third-order valence-electron chi connectivity index (χ3n) is 4.88. The number of unbranched alkanes of at least 4 members (excludes halogenated alkanes) is 9. The first-order chi connectivity index (χ1) is 14.2. The number of carbonyl (C=O) groups is 2. The van der Waals surface area contributed by atoms with Gasteiger partial charge in [0.1, 0.15) is 5.75 Å². The molecule has 1 rings (SSSR count). The first kappa shape index (κ1) is 24.9. The van der Waals surface area contributed by atoms with Gasteiger partial charge < -0.3 is 9.47 Å². The molecule has 0 saturated heterocycles. The highest BCUT2D eigenvalue weighted by atomic mass is 16.6. The third-order valence-corrected chi connectivity index (χ3v) is 4.88. The Balaban J connectivity index is 1.98. The van der Waals surface area contributed by atoms with E-state index in [-0.39, 0.29) is 6.42 Å². The third kappa shape index (κ3) is 13.7.